The van der Waals surface area contributed by atoms with E-state index in [2.05, 4.69) is 23.1 Å². The lowest BCUT2D eigenvalue weighted by molar-refractivity contribution is -0.123. The Morgan fingerprint density at radius 3 is 2.69 bits per heavy atom. The molecular weight excluding hydrogens is 170 g/mol. The lowest BCUT2D eigenvalue weighted by atomic mass is 10.1. The van der Waals surface area contributed by atoms with Gasteiger partial charge in [0.25, 0.3) is 0 Å². The molecule has 1 atom stereocenters. The van der Waals surface area contributed by atoms with Crippen LogP contribution in [0, 0.1) is 0 Å². The molecule has 3 N–H and O–H groups in total. The average molecular weight is 185 g/mol. The quantitative estimate of drug-likeness (QED) is 0.551. The molecule has 3 amide bonds. The molecule has 1 heterocycles. The van der Waals surface area contributed by atoms with Crippen LogP contribution < -0.4 is 16.2 Å². The van der Waals surface area contributed by atoms with Crippen molar-refractivity contribution in [3.63, 3.8) is 0 Å². The molecule has 1 unspecified atom stereocenters. The number of carbonyl (C=O) groups excluding carboxylic acids is 2. The van der Waals surface area contributed by atoms with Gasteiger partial charge in [-0.2, -0.15) is 0 Å². The normalized spacial score (nSPS) is 22.4. The van der Waals surface area contributed by atoms with Crippen molar-refractivity contribution >= 4 is 11.9 Å². The van der Waals surface area contributed by atoms with E-state index in [9.17, 15) is 9.59 Å². The van der Waals surface area contributed by atoms with Crippen molar-refractivity contribution in [1.29, 1.82) is 0 Å². The van der Waals surface area contributed by atoms with Gasteiger partial charge in [-0.05, 0) is 6.42 Å². The highest BCUT2D eigenvalue weighted by molar-refractivity contribution is 5.98. The van der Waals surface area contributed by atoms with Crippen LogP contribution >= 0.6 is 0 Å². The van der Waals surface area contributed by atoms with Crippen LogP contribution in [0.2, 0.25) is 0 Å². The van der Waals surface area contributed by atoms with Crippen LogP contribution in [0.15, 0.2) is 0 Å². The number of nitrogens with one attached hydrogen (secondary N) is 3. The minimum Gasteiger partial charge on any atom is -0.276 e. The van der Waals surface area contributed by atoms with Crippen LogP contribution in [0.3, 0.4) is 0 Å². The Kier molecular flexibility index (Phi) is 3.70. The Hall–Kier alpha value is -1.10. The molecule has 1 aliphatic heterocycles. The Labute approximate surface area is 77.2 Å². The summed E-state index contributed by atoms with van der Waals surface area (Å²) >= 11 is 0. The zero-order chi connectivity index (χ0) is 9.68. The van der Waals surface area contributed by atoms with Crippen LogP contribution in [0.5, 0.6) is 0 Å². The molecule has 5 heteroatoms. The molecule has 0 radical (unpaired) electrons. The summed E-state index contributed by atoms with van der Waals surface area (Å²) in [6.45, 7) is 2.11. The van der Waals surface area contributed by atoms with E-state index in [-0.39, 0.29) is 11.9 Å². The fourth-order valence-electron chi connectivity index (χ4n) is 1.25. The monoisotopic (exact) mass is 185 g/mol. The Balaban J connectivity index is 2.26. The van der Waals surface area contributed by atoms with Crippen molar-refractivity contribution in [3.8, 4) is 0 Å². The van der Waals surface area contributed by atoms with Crippen LogP contribution in [0.25, 0.3) is 0 Å². The highest BCUT2D eigenvalue weighted by Gasteiger charge is 2.24. The Morgan fingerprint density at radius 1 is 1.31 bits per heavy atom. The highest BCUT2D eigenvalue weighted by Crippen LogP contribution is 2.04. The maximum absolute atomic E-state index is 11.2. The molecule has 0 saturated carbocycles. The molecule has 0 spiro atoms. The first-order valence-electron chi connectivity index (χ1n) is 4.60. The Bertz CT molecular complexity index is 206. The van der Waals surface area contributed by atoms with E-state index >= 15 is 0 Å². The van der Waals surface area contributed by atoms with Gasteiger partial charge in [0.1, 0.15) is 6.04 Å². The first kappa shape index (κ1) is 9.98. The third kappa shape index (κ3) is 3.02. The van der Waals surface area contributed by atoms with E-state index in [1.165, 1.54) is 0 Å². The lowest BCUT2D eigenvalue weighted by Gasteiger charge is -2.23. The molecule has 1 fully saturated rings. The number of amides is 3. The second kappa shape index (κ2) is 4.81. The fraction of sp³-hybridized carbons (Fsp3) is 0.750. The van der Waals surface area contributed by atoms with Gasteiger partial charge in [0, 0.05) is 0 Å². The summed E-state index contributed by atoms with van der Waals surface area (Å²) in [6, 6.07) is -0.749. The topological polar surface area (TPSA) is 70.2 Å². The van der Waals surface area contributed by atoms with Gasteiger partial charge in [-0.3, -0.25) is 15.5 Å². The summed E-state index contributed by atoms with van der Waals surface area (Å²) in [5.74, 6) is -0.236. The number of hydrazine groups is 1. The van der Waals surface area contributed by atoms with E-state index in [0.717, 1.165) is 25.7 Å². The standard InChI is InChI=1S/C8H15N3O2/c1-2-3-4-5-6-7(12)9-8(13)11-10-6/h6,10H,2-5H2,1H3,(H2,9,11,12,13). The SMILES string of the molecule is CCCCCC1NNC(=O)NC1=O. The molecule has 0 aromatic heterocycles. The predicted molar refractivity (Wildman–Crippen MR) is 47.7 cm³/mol. The minimum absolute atomic E-state index is 0.236. The molecule has 0 bridgehead atoms. The van der Waals surface area contributed by atoms with E-state index in [1.54, 1.807) is 0 Å². The maximum atomic E-state index is 11.2. The van der Waals surface area contributed by atoms with E-state index in [4.69, 9.17) is 0 Å². The molecule has 13 heavy (non-hydrogen) atoms. The molecule has 1 aliphatic rings. The van der Waals surface area contributed by atoms with Gasteiger partial charge >= 0.3 is 6.03 Å². The maximum Gasteiger partial charge on any atom is 0.335 e. The molecule has 0 aliphatic carbocycles. The van der Waals surface area contributed by atoms with Gasteiger partial charge in [0.2, 0.25) is 5.91 Å². The zero-order valence-corrected chi connectivity index (χ0v) is 7.72. The highest BCUT2D eigenvalue weighted by atomic mass is 16.2. The van der Waals surface area contributed by atoms with E-state index < -0.39 is 6.03 Å². The second-order valence-electron chi connectivity index (χ2n) is 3.14. The molecule has 1 rings (SSSR count). The van der Waals surface area contributed by atoms with Crippen molar-refractivity contribution in [1.82, 2.24) is 16.2 Å². The van der Waals surface area contributed by atoms with Crippen molar-refractivity contribution in [3.05, 3.63) is 0 Å². The number of urea groups is 1. The largest absolute Gasteiger partial charge is 0.335 e. The summed E-state index contributed by atoms with van der Waals surface area (Å²) in [5.41, 5.74) is 5.03. The second-order valence-corrected chi connectivity index (χ2v) is 3.14. The fourth-order valence-corrected chi connectivity index (χ4v) is 1.25. The van der Waals surface area contributed by atoms with Gasteiger partial charge in [-0.25, -0.2) is 10.2 Å². The van der Waals surface area contributed by atoms with Crippen LogP contribution in [0.1, 0.15) is 32.6 Å². The number of hydrogen-bond acceptors (Lipinski definition) is 3. The predicted octanol–water partition coefficient (Wildman–Crippen LogP) is 0.279. The smallest absolute Gasteiger partial charge is 0.276 e. The molecule has 0 aromatic carbocycles. The van der Waals surface area contributed by atoms with Crippen LogP contribution in [0.4, 0.5) is 4.79 Å². The van der Waals surface area contributed by atoms with Gasteiger partial charge in [0.15, 0.2) is 0 Å². The summed E-state index contributed by atoms with van der Waals surface area (Å²) in [5, 5.41) is 2.20. The molecule has 74 valence electrons. The van der Waals surface area contributed by atoms with Crippen LogP contribution in [-0.2, 0) is 4.79 Å². The summed E-state index contributed by atoms with van der Waals surface area (Å²) in [4.78, 5) is 21.8. The van der Waals surface area contributed by atoms with E-state index in [1.807, 2.05) is 0 Å². The number of carbonyl (C=O) groups is 2. The van der Waals surface area contributed by atoms with Crippen molar-refractivity contribution in [2.24, 2.45) is 0 Å². The lowest BCUT2D eigenvalue weighted by Crippen LogP contribution is -2.62. The molecule has 1 saturated heterocycles. The molecule has 5 nitrogen and oxygen atoms in total. The van der Waals surface area contributed by atoms with Crippen LogP contribution in [-0.4, -0.2) is 18.0 Å². The summed E-state index contributed by atoms with van der Waals surface area (Å²) < 4.78 is 0. The summed E-state index contributed by atoms with van der Waals surface area (Å²) in [7, 11) is 0. The number of unbranched alkanes of at least 4 members (excludes halogenated alkanes) is 2. The molecule has 0 aromatic rings. The number of hydrogen-bond donors (Lipinski definition) is 3. The third-order valence-electron chi connectivity index (χ3n) is 2.01. The van der Waals surface area contributed by atoms with Gasteiger partial charge in [0.05, 0.1) is 0 Å². The van der Waals surface area contributed by atoms with Gasteiger partial charge in [-0.15, -0.1) is 0 Å². The van der Waals surface area contributed by atoms with Crippen molar-refractivity contribution in [2.75, 3.05) is 0 Å². The Morgan fingerprint density at radius 2 is 2.08 bits per heavy atom. The number of rotatable bonds is 4. The average Bonchev–Trinajstić information content (AvgIpc) is 2.09. The van der Waals surface area contributed by atoms with Crippen molar-refractivity contribution in [2.45, 2.75) is 38.6 Å². The zero-order valence-electron chi connectivity index (χ0n) is 7.72. The first-order chi connectivity index (χ1) is 6.24. The third-order valence-corrected chi connectivity index (χ3v) is 2.01. The molecular formula is C8H15N3O2. The van der Waals surface area contributed by atoms with E-state index in [0.29, 0.717) is 0 Å². The number of imide groups is 1. The first-order valence-corrected chi connectivity index (χ1v) is 4.60. The summed E-state index contributed by atoms with van der Waals surface area (Å²) in [6.07, 6.45) is 4.00. The van der Waals surface area contributed by atoms with Crippen molar-refractivity contribution < 1.29 is 9.59 Å². The van der Waals surface area contributed by atoms with Gasteiger partial charge < -0.3 is 0 Å². The van der Waals surface area contributed by atoms with Gasteiger partial charge in [-0.1, -0.05) is 26.2 Å². The minimum atomic E-state index is -0.475.